The normalized spacial score (nSPS) is 18.8. The molecule has 4 fully saturated rings. The first-order valence-corrected chi connectivity index (χ1v) is 38.1. The summed E-state index contributed by atoms with van der Waals surface area (Å²) in [5.41, 5.74) is 29.5. The molecule has 0 unspecified atom stereocenters. The zero-order valence-corrected chi connectivity index (χ0v) is 66.5. The highest BCUT2D eigenvalue weighted by Gasteiger charge is 2.36. The molecule has 8 heterocycles. The number of aromatic nitrogens is 10. The van der Waals surface area contributed by atoms with Crippen LogP contribution in [0.4, 0.5) is 69.6 Å². The van der Waals surface area contributed by atoms with Gasteiger partial charge in [0, 0.05) is 97.3 Å². The van der Waals surface area contributed by atoms with Gasteiger partial charge >= 0.3 is 0 Å². The highest BCUT2D eigenvalue weighted by atomic mass is 16.2. The molecule has 116 heavy (non-hydrogen) atoms. The topological polar surface area (TPSA) is 479 Å². The monoisotopic (exact) mass is 1580 g/mol. The standard InChI is InChI=1S/2C21H26N6O2.2C20H25N7O2/c1-4-18(28)25-16-9-6-10-27(14(16)3)17-12-23-19(20(22)29)21(26-17)24-15-8-5-7-13(2)11-15;1-4-18(28)25-16-6-5-11-27(14(16)3)17-12-23-19(20(22)29)21(26-17)24-15-9-7-13(2)8-10-15;1-4-16(28)23-15-9-6-10-27(13(15)3)20-24-19(17(18(21)29)25-26-20)22-14-8-5-7-12(2)11-14;1-4-16(28)23-15-6-5-11-27(13(15)3)20-24-19(17(18(21)29)25-26-20)22-14-9-7-12(2)8-10-14/h4-5,7-8,11-12,14,16H,1,6,9-10H2,2-3H3,(H2,22,29)(H,24,26)(H,25,28);4,7-10,12,14,16H,1,5-6,11H2,2-3H3,(H2,22,29)(H,24,26)(H,25,28);4-5,7-8,11,13,15H,1,6,9-10H2,2-3H3,(H2,21,29)(H,23,28)(H,22,24,26);4,7-10,13,15H,1,5-6,11H2,2-3H3,(H2,21,29)(H,23,28)(H,22,24,26)/t2*14-,16-;2*13-,15-/m1111/s1. The minimum Gasteiger partial charge on any atom is -0.364 e. The summed E-state index contributed by atoms with van der Waals surface area (Å²) >= 11 is 0. The smallest absolute Gasteiger partial charge is 0.273 e. The molecule has 4 aromatic heterocycles. The summed E-state index contributed by atoms with van der Waals surface area (Å²) in [5, 5.41) is 40.6. The molecule has 0 aliphatic carbocycles. The molecular weight excluding hydrogens is 1480 g/mol. The number of aryl methyl sites for hydroxylation is 4. The van der Waals surface area contributed by atoms with Gasteiger partial charge < -0.3 is 85.1 Å². The van der Waals surface area contributed by atoms with E-state index in [0.717, 1.165) is 109 Å². The van der Waals surface area contributed by atoms with Gasteiger partial charge in [0.05, 0.1) is 12.4 Å². The maximum Gasteiger partial charge on any atom is 0.273 e. The largest absolute Gasteiger partial charge is 0.364 e. The third-order valence-electron chi connectivity index (χ3n) is 20.1. The Hall–Kier alpha value is -13.8. The number of primary amides is 4. The molecule has 4 aliphatic rings. The molecule has 8 atom stereocenters. The van der Waals surface area contributed by atoms with Crippen molar-refractivity contribution in [3.05, 3.63) is 205 Å². The van der Waals surface area contributed by atoms with E-state index in [-0.39, 0.29) is 106 Å². The van der Waals surface area contributed by atoms with E-state index in [1.807, 2.05) is 162 Å². The lowest BCUT2D eigenvalue weighted by Gasteiger charge is -2.40. The summed E-state index contributed by atoms with van der Waals surface area (Å²) < 4.78 is 0. The van der Waals surface area contributed by atoms with E-state index in [0.29, 0.717) is 48.3 Å². The highest BCUT2D eigenvalue weighted by Crippen LogP contribution is 2.32. The Morgan fingerprint density at radius 3 is 0.940 bits per heavy atom. The fourth-order valence-corrected chi connectivity index (χ4v) is 13.7. The van der Waals surface area contributed by atoms with Gasteiger partial charge in [-0.15, -0.1) is 20.4 Å². The molecule has 34 heteroatoms. The molecule has 4 aliphatic heterocycles. The van der Waals surface area contributed by atoms with Crippen molar-refractivity contribution >= 4 is 117 Å². The van der Waals surface area contributed by atoms with Crippen molar-refractivity contribution in [3.8, 4) is 0 Å². The molecule has 0 radical (unpaired) electrons. The van der Waals surface area contributed by atoms with Gasteiger partial charge in [0.15, 0.2) is 46.0 Å². The van der Waals surface area contributed by atoms with Gasteiger partial charge in [0.25, 0.3) is 23.6 Å². The number of nitrogens with two attached hydrogens (primary N) is 4. The Labute approximate surface area is 673 Å². The van der Waals surface area contributed by atoms with Crippen molar-refractivity contribution in [3.63, 3.8) is 0 Å². The average molecular weight is 1580 g/mol. The molecule has 608 valence electrons. The van der Waals surface area contributed by atoms with E-state index in [2.05, 4.69) is 129 Å². The van der Waals surface area contributed by atoms with Gasteiger partial charge in [-0.1, -0.05) is 86.0 Å². The first-order valence-electron chi connectivity index (χ1n) is 38.1. The van der Waals surface area contributed by atoms with E-state index < -0.39 is 23.6 Å². The molecule has 0 saturated carbocycles. The van der Waals surface area contributed by atoms with E-state index in [1.54, 1.807) is 12.4 Å². The van der Waals surface area contributed by atoms with Crippen LogP contribution in [0.2, 0.25) is 0 Å². The fraction of sp³-hybridized carbons (Fsp3) is 0.341. The first-order chi connectivity index (χ1) is 55.5. The van der Waals surface area contributed by atoms with Crippen molar-refractivity contribution < 1.29 is 38.4 Å². The van der Waals surface area contributed by atoms with Crippen LogP contribution in [0.25, 0.3) is 0 Å². The molecule has 16 N–H and O–H groups in total. The second-order valence-corrected chi connectivity index (χ2v) is 28.5. The predicted molar refractivity (Wildman–Crippen MR) is 448 cm³/mol. The molecular formula is C82H102N26O8. The van der Waals surface area contributed by atoms with E-state index in [9.17, 15) is 38.4 Å². The number of amides is 8. The number of hydrogen-bond acceptors (Lipinski definition) is 26. The zero-order chi connectivity index (χ0) is 83.9. The Morgan fingerprint density at radius 1 is 0.362 bits per heavy atom. The molecule has 12 rings (SSSR count). The summed E-state index contributed by atoms with van der Waals surface area (Å²) in [4.78, 5) is 129. The molecule has 0 spiro atoms. The van der Waals surface area contributed by atoms with Crippen LogP contribution in [-0.2, 0) is 19.2 Å². The Balaban J connectivity index is 0.000000177. The van der Waals surface area contributed by atoms with E-state index in [4.69, 9.17) is 22.9 Å². The number of rotatable bonds is 24. The number of benzene rings is 4. The third kappa shape index (κ3) is 23.2. The van der Waals surface area contributed by atoms with Crippen LogP contribution in [0.15, 0.2) is 160 Å². The van der Waals surface area contributed by atoms with Gasteiger partial charge in [0.1, 0.15) is 11.6 Å². The summed E-state index contributed by atoms with van der Waals surface area (Å²) in [5.74, 6) is -0.452. The van der Waals surface area contributed by atoms with Crippen LogP contribution in [0.3, 0.4) is 0 Å². The lowest BCUT2D eigenvalue weighted by molar-refractivity contribution is -0.118. The molecule has 4 aromatic carbocycles. The van der Waals surface area contributed by atoms with E-state index >= 15 is 0 Å². The maximum absolute atomic E-state index is 11.8. The Morgan fingerprint density at radius 2 is 0.647 bits per heavy atom. The highest BCUT2D eigenvalue weighted by molar-refractivity contribution is 5.99. The second-order valence-electron chi connectivity index (χ2n) is 28.5. The molecule has 8 aromatic rings. The van der Waals surface area contributed by atoms with Crippen LogP contribution >= 0.6 is 0 Å². The lowest BCUT2D eigenvalue weighted by atomic mass is 9.97. The Kier molecular flexibility index (Phi) is 30.1. The quantitative estimate of drug-likeness (QED) is 0.0255. The van der Waals surface area contributed by atoms with Crippen molar-refractivity contribution in [1.29, 1.82) is 0 Å². The number of carbonyl (C=O) groups is 8. The molecule has 8 amide bonds. The van der Waals surface area contributed by atoms with Crippen molar-refractivity contribution in [2.24, 2.45) is 22.9 Å². The van der Waals surface area contributed by atoms with Crippen molar-refractivity contribution in [2.45, 2.75) is 155 Å². The summed E-state index contributed by atoms with van der Waals surface area (Å²) in [6.07, 6.45) is 15.1. The summed E-state index contributed by atoms with van der Waals surface area (Å²) in [7, 11) is 0. The number of nitrogens with one attached hydrogen (secondary N) is 8. The van der Waals surface area contributed by atoms with Crippen molar-refractivity contribution in [2.75, 3.05) is 67.0 Å². The van der Waals surface area contributed by atoms with E-state index in [1.165, 1.54) is 24.3 Å². The van der Waals surface area contributed by atoms with Crippen LogP contribution < -0.4 is 85.1 Å². The zero-order valence-electron chi connectivity index (χ0n) is 66.5. The van der Waals surface area contributed by atoms with Gasteiger partial charge in [0.2, 0.25) is 35.5 Å². The SMILES string of the molecule is C=CC(=O)N[C@@H]1CCCN(c2cnc(C(N)=O)c(Nc3ccc(C)cc3)n2)[C@@H]1C.C=CC(=O)N[C@@H]1CCCN(c2cnc(C(N)=O)c(Nc3cccc(C)c3)n2)[C@@H]1C.C=CC(=O)N[C@@H]1CCCN(c2nnc(C(N)=O)c(Nc3ccc(C)cc3)n2)[C@@H]1C.C=CC(=O)N[C@@H]1CCCN(c2nnc(C(N)=O)c(Nc3cccc(C)c3)n2)[C@@H]1C. The van der Waals surface area contributed by atoms with Gasteiger partial charge in [-0.2, -0.15) is 9.97 Å². The number of carbonyl (C=O) groups excluding carboxylic acids is 8. The van der Waals surface area contributed by atoms with Crippen molar-refractivity contribution in [1.82, 2.24) is 71.6 Å². The van der Waals surface area contributed by atoms with Crippen LogP contribution in [0.5, 0.6) is 0 Å². The predicted octanol–water partition coefficient (Wildman–Crippen LogP) is 7.94. The number of piperidine rings is 4. The number of anilines is 12. The molecule has 4 saturated heterocycles. The number of nitrogens with zero attached hydrogens (tertiary/aromatic N) is 14. The summed E-state index contributed by atoms with van der Waals surface area (Å²) in [6.45, 7) is 33.0. The first kappa shape index (κ1) is 86.2. The Bertz CT molecular complexity index is 4590. The second kappa shape index (κ2) is 40.6. The molecule has 34 nitrogen and oxygen atoms in total. The maximum atomic E-state index is 11.8. The van der Waals surface area contributed by atoms with Crippen LogP contribution in [0.1, 0.15) is 143 Å². The number of hydrogen-bond donors (Lipinski definition) is 12. The average Bonchev–Trinajstić information content (AvgIpc) is 0.813. The van der Waals surface area contributed by atoms with Crippen LogP contribution in [-0.4, -0.2) is 172 Å². The minimum atomic E-state index is -0.714. The fourth-order valence-electron chi connectivity index (χ4n) is 13.7. The van der Waals surface area contributed by atoms with Gasteiger partial charge in [-0.3, -0.25) is 38.4 Å². The lowest BCUT2D eigenvalue weighted by Crippen LogP contribution is -2.54. The van der Waals surface area contributed by atoms with Gasteiger partial charge in [-0.25, -0.2) is 19.9 Å². The molecule has 0 bridgehead atoms. The van der Waals surface area contributed by atoms with Crippen LogP contribution in [0, 0.1) is 27.7 Å². The minimum absolute atomic E-state index is 0.00759. The summed E-state index contributed by atoms with van der Waals surface area (Å²) in [6, 6.07) is 30.5. The van der Waals surface area contributed by atoms with Gasteiger partial charge in [-0.05, 0) is 191 Å². The third-order valence-corrected chi connectivity index (χ3v) is 20.1.